The summed E-state index contributed by atoms with van der Waals surface area (Å²) in [5, 5.41) is 25.1. The smallest absolute Gasteiger partial charge is 0.247 e. The van der Waals surface area contributed by atoms with Crippen molar-refractivity contribution in [2.24, 2.45) is 10.8 Å². The second-order valence-corrected chi connectivity index (χ2v) is 25.6. The predicted molar refractivity (Wildman–Crippen MR) is 406 cm³/mol. The molecule has 6 amide bonds. The van der Waals surface area contributed by atoms with E-state index in [2.05, 4.69) is 42.5 Å². The van der Waals surface area contributed by atoms with Crippen LogP contribution in [0.25, 0.3) is 0 Å². The number of thioether (sulfide) groups is 2. The number of carbonyl (C=O) groups excluding carboxylic acids is 6. The number of rotatable bonds is 17. The highest BCUT2D eigenvalue weighted by atomic mass is 32.2. The normalized spacial score (nSPS) is 25.0. The van der Waals surface area contributed by atoms with E-state index in [0.29, 0.717) is 66.9 Å². The monoisotopic (exact) mass is 1430 g/mol. The van der Waals surface area contributed by atoms with Crippen LogP contribution in [0.4, 0.5) is 0 Å². The lowest BCUT2D eigenvalue weighted by atomic mass is 9.83. The maximum absolute atomic E-state index is 14.8. The summed E-state index contributed by atoms with van der Waals surface area (Å²) in [5.41, 5.74) is 0.337. The molecule has 11 atom stereocenters. The van der Waals surface area contributed by atoms with Gasteiger partial charge in [-0.25, -0.2) is 0 Å². The van der Waals surface area contributed by atoms with Gasteiger partial charge in [0.15, 0.2) is 0 Å². The van der Waals surface area contributed by atoms with Gasteiger partial charge in [0.1, 0.15) is 36.3 Å². The minimum absolute atomic E-state index is 0. The number of benzene rings is 2. The largest absolute Gasteiger partial charge is 0.367 e. The lowest BCUT2D eigenvalue weighted by Gasteiger charge is -2.37. The molecule has 30 heteroatoms. The Morgan fingerprint density at radius 1 is 0.524 bits per heavy atom. The summed E-state index contributed by atoms with van der Waals surface area (Å²) in [6.45, 7) is 13.8. The van der Waals surface area contributed by atoms with Gasteiger partial charge in [0.25, 0.3) is 0 Å². The molecular weight excluding hydrogens is 1330 g/mol. The molecule has 4 heterocycles. The highest BCUT2D eigenvalue weighted by molar-refractivity contribution is 8.00. The number of fused-ring (bicyclic) bond motifs is 2. The van der Waals surface area contributed by atoms with Crippen molar-refractivity contribution in [1.82, 2.24) is 52.3 Å². The first-order valence-corrected chi connectivity index (χ1v) is 29.2. The maximum Gasteiger partial charge on any atom is 0.247 e. The third kappa shape index (κ3) is 21.7. The van der Waals surface area contributed by atoms with Crippen LogP contribution in [0, 0.1) is 10.8 Å². The van der Waals surface area contributed by atoms with Crippen LogP contribution in [0.1, 0.15) is 123 Å². The van der Waals surface area contributed by atoms with Gasteiger partial charge in [0, 0.05) is 18.0 Å². The van der Waals surface area contributed by atoms with E-state index in [1.165, 1.54) is 0 Å². The van der Waals surface area contributed by atoms with Crippen molar-refractivity contribution in [3.8, 4) is 0 Å². The van der Waals surface area contributed by atoms with Gasteiger partial charge >= 0.3 is 0 Å². The minimum Gasteiger partial charge on any atom is -0.367 e. The highest BCUT2D eigenvalue weighted by Gasteiger charge is 2.56. The molecule has 7 rings (SSSR count). The quantitative estimate of drug-likeness (QED) is 0.0887. The molecule has 0 bridgehead atoms. The van der Waals surface area contributed by atoms with Crippen molar-refractivity contribution in [2.75, 3.05) is 25.6 Å². The maximum atomic E-state index is 14.8. The molecule has 1 unspecified atom stereocenters. The van der Waals surface area contributed by atoms with Crippen LogP contribution in [0.5, 0.6) is 0 Å². The van der Waals surface area contributed by atoms with Gasteiger partial charge in [0.2, 0.25) is 35.4 Å². The number of hydrogen-bond acceptors (Lipinski definition) is 12. The van der Waals surface area contributed by atoms with E-state index in [0.717, 1.165) is 17.1 Å². The number of nitrogens with zero attached hydrogens (tertiary/aromatic N) is 2. The standard InChI is InChI=1S/C54H78N10O6S4.10H2S/c1-30(33-16-12-10-13-17-33)41(61-47(67)43-53(4,5)28-39-63(43)51(69)37(24-26-73-39)59-49(71)31(2)55-8)45(65)57-35-20-22-36(23-21-35)58-46(66)42(34-18-14-11-15-19-34)62-48(68)44-54(6,7)29-40-64(44)52(70)38(25-27-74-40)60-50(72)32(3)56-9;;;;;;;;;;/h10-19,30-32,35-44,55-56H,20-29H2,1-9H3,(H,57,65)(H,58,66)(H,59,71)(H,60,72)(H,61,67)(H,62,68);10*1H2/t30?,31-,32-,35?,36?,37+,38-,39-,40-,41-,42+,43+,44+;;;;;;;;;;/m0........../s1. The van der Waals surface area contributed by atoms with Crippen LogP contribution in [-0.4, -0.2) is 146 Å². The Balaban J connectivity index is -0.00000320. The Kier molecular flexibility index (Phi) is 42.8. The second-order valence-electron chi connectivity index (χ2n) is 22.2. The average Bonchev–Trinajstić information content (AvgIpc) is 3.70. The van der Waals surface area contributed by atoms with E-state index < -0.39 is 58.9 Å². The Bertz CT molecular complexity index is 2410. The van der Waals surface area contributed by atoms with Gasteiger partial charge < -0.3 is 52.3 Å². The molecule has 2 aromatic carbocycles. The van der Waals surface area contributed by atoms with E-state index in [9.17, 15) is 28.8 Å². The summed E-state index contributed by atoms with van der Waals surface area (Å²) in [6, 6.07) is 13.2. The molecule has 4 aliphatic heterocycles. The summed E-state index contributed by atoms with van der Waals surface area (Å²) < 4.78 is 0. The van der Waals surface area contributed by atoms with Crippen LogP contribution in [0.3, 0.4) is 0 Å². The van der Waals surface area contributed by atoms with Crippen molar-refractivity contribution in [3.05, 3.63) is 71.8 Å². The first-order chi connectivity index (χ1) is 35.1. The second kappa shape index (κ2) is 40.1. The lowest BCUT2D eigenvalue weighted by molar-refractivity contribution is -0.143. The zero-order valence-corrected chi connectivity index (χ0v) is 62.6. The Hall–Kier alpha value is -0.840. The number of amides is 6. The van der Waals surface area contributed by atoms with Gasteiger partial charge in [0.05, 0.1) is 32.8 Å². The summed E-state index contributed by atoms with van der Waals surface area (Å²) in [7, 11) is 3.62. The number of nitrogens with one attached hydrogen (secondary N) is 8. The van der Waals surface area contributed by atoms with Gasteiger partial charge in [-0.05, 0) is 113 Å². The number of likely N-dealkylation sites (N-methyl/N-ethyl adjacent to an activating group) is 2. The van der Waals surface area contributed by atoms with E-state index >= 15 is 0 Å². The van der Waals surface area contributed by atoms with Crippen molar-refractivity contribution in [1.29, 1.82) is 0 Å². The number of carbonyl (C=O) groups is 6. The summed E-state index contributed by atoms with van der Waals surface area (Å²) >= 11 is 14.6. The van der Waals surface area contributed by atoms with Gasteiger partial charge in [-0.3, -0.25) is 28.8 Å². The van der Waals surface area contributed by atoms with Crippen molar-refractivity contribution in [2.45, 2.75) is 177 Å². The van der Waals surface area contributed by atoms with Crippen molar-refractivity contribution in [3.63, 3.8) is 0 Å². The molecular formula is C54H98N10O6S14. The molecule has 84 heavy (non-hydrogen) atoms. The lowest BCUT2D eigenvalue weighted by Crippen LogP contribution is -2.61. The van der Waals surface area contributed by atoms with E-state index in [4.69, 9.17) is 24.4 Å². The Morgan fingerprint density at radius 2 is 0.881 bits per heavy atom. The molecule has 0 radical (unpaired) electrons. The van der Waals surface area contributed by atoms with Crippen LogP contribution in [0.2, 0.25) is 0 Å². The van der Waals surface area contributed by atoms with Crippen LogP contribution in [0.15, 0.2) is 60.7 Å². The minimum atomic E-state index is -1.03. The topological polar surface area (TPSA) is 205 Å². The average molecular weight is 1430 g/mol. The fraction of sp³-hybridized carbons (Fsp3) is 0.630. The van der Waals surface area contributed by atoms with Crippen molar-refractivity contribution < 1.29 is 28.8 Å². The van der Waals surface area contributed by atoms with Crippen LogP contribution >= 0.6 is 183 Å². The molecule has 0 spiro atoms. The molecule has 4 saturated heterocycles. The zero-order valence-electron chi connectivity index (χ0n) is 49.3. The Labute approximate surface area is 589 Å². The fourth-order valence-corrected chi connectivity index (χ4v) is 15.0. The molecule has 2 aromatic rings. The van der Waals surface area contributed by atoms with E-state index in [1.807, 2.05) is 123 Å². The first-order valence-electron chi connectivity index (χ1n) is 26.3. The summed E-state index contributed by atoms with van der Waals surface area (Å²) in [4.78, 5) is 91.8. The predicted octanol–water partition coefficient (Wildman–Crippen LogP) is 5.77. The van der Waals surface area contributed by atoms with Gasteiger partial charge in [-0.15, -0.1) is 23.5 Å². The first kappa shape index (κ1) is 89.6. The van der Waals surface area contributed by atoms with Gasteiger partial charge in [-0.2, -0.15) is 135 Å². The molecule has 16 nitrogen and oxygen atoms in total. The summed E-state index contributed by atoms with van der Waals surface area (Å²) in [6.07, 6.45) is 4.64. The fourth-order valence-electron chi connectivity index (χ4n) is 11.3. The third-order valence-electron chi connectivity index (χ3n) is 15.9. The van der Waals surface area contributed by atoms with E-state index in [1.54, 1.807) is 33.3 Å². The molecule has 1 aliphatic carbocycles. The highest BCUT2D eigenvalue weighted by Crippen LogP contribution is 2.48. The molecule has 5 aliphatic rings. The molecule has 1 saturated carbocycles. The number of hydrogen-bond donors (Lipinski definition) is 8. The number of thiocarbonyl (C=S) groups is 2. The van der Waals surface area contributed by atoms with Crippen LogP contribution < -0.4 is 42.5 Å². The molecule has 5 fully saturated rings. The Morgan fingerprint density at radius 3 is 1.26 bits per heavy atom. The van der Waals surface area contributed by atoms with Crippen LogP contribution in [-0.2, 0) is 28.8 Å². The van der Waals surface area contributed by atoms with Gasteiger partial charge in [-0.1, -0.05) is 120 Å². The molecule has 8 N–H and O–H groups in total. The molecule has 484 valence electrons. The summed E-state index contributed by atoms with van der Waals surface area (Å²) in [5.74, 6) is -0.749. The van der Waals surface area contributed by atoms with Crippen molar-refractivity contribution >= 4 is 228 Å². The van der Waals surface area contributed by atoms with E-state index in [-0.39, 0.29) is 199 Å². The molecule has 0 aromatic heterocycles. The SMILES string of the molecule is CN[C@@H](C)C(=S)N[C@H]1CCS[C@H]2CC(C)(C)[C@@H](C(=O)N[C@@H](C(=O)NC3CCC(NC(=O)[C@@H](NC(=O)[C@H]4N5C(=O)[C@H](NC(=S)[C@H](C)NC)CCS[C@H]5CC4(C)C)C(C)c4ccccc4)CC3)c3ccccc3)N2C1=O.S.S.S.S.S.S.S.S.S.S. The zero-order chi connectivity index (χ0) is 53.6. The third-order valence-corrected chi connectivity index (χ3v) is 19.3.